The number of aliphatic hydroxyl groups excluding tert-OH is 1. The first-order valence-corrected chi connectivity index (χ1v) is 11.7. The van der Waals surface area contributed by atoms with Crippen molar-refractivity contribution in [1.82, 2.24) is 4.98 Å². The number of nitrogens with zero attached hydrogens (tertiary/aromatic N) is 3. The minimum Gasteiger partial charge on any atom is -0.388 e. The van der Waals surface area contributed by atoms with Crippen LogP contribution in [0.1, 0.15) is 47.3 Å². The minimum absolute atomic E-state index is 0.0442. The van der Waals surface area contributed by atoms with Gasteiger partial charge in [0.05, 0.1) is 22.4 Å². The van der Waals surface area contributed by atoms with Gasteiger partial charge in [-0.05, 0) is 38.8 Å². The van der Waals surface area contributed by atoms with Crippen molar-refractivity contribution in [3.05, 3.63) is 51.7 Å². The van der Waals surface area contributed by atoms with Gasteiger partial charge in [-0.1, -0.05) is 11.6 Å². The molecule has 1 unspecified atom stereocenters. The molecule has 2 aliphatic heterocycles. The number of pyridine rings is 1. The molecule has 1 aliphatic carbocycles. The summed E-state index contributed by atoms with van der Waals surface area (Å²) < 4.78 is 106. The summed E-state index contributed by atoms with van der Waals surface area (Å²) in [4.78, 5) is 32.2. The molecule has 2 amide bonds. The fraction of sp³-hybridized carbons (Fsp3) is 0.458. The van der Waals surface area contributed by atoms with Crippen LogP contribution in [0, 0.1) is 11.6 Å². The highest BCUT2D eigenvalue weighted by Gasteiger charge is 2.61. The normalized spacial score (nSPS) is 27.6. The van der Waals surface area contributed by atoms with Gasteiger partial charge in [-0.25, -0.2) is 13.8 Å². The Balaban J connectivity index is 1.70. The predicted octanol–water partition coefficient (Wildman–Crippen LogP) is 3.91. The molecule has 1 N–H and O–H groups in total. The van der Waals surface area contributed by atoms with Gasteiger partial charge in [0.25, 0.3) is 11.8 Å². The van der Waals surface area contributed by atoms with Crippen molar-refractivity contribution in [2.24, 2.45) is 0 Å². The highest BCUT2D eigenvalue weighted by atomic mass is 35.5. The molecule has 2 saturated heterocycles. The van der Waals surface area contributed by atoms with Crippen LogP contribution in [-0.2, 0) is 31.7 Å². The molecule has 4 atom stereocenters. The van der Waals surface area contributed by atoms with E-state index in [0.717, 1.165) is 0 Å². The SMILES string of the molecule is [2H]C([2H])([2H])N(C(=O)[C@@H]1[C@@H]2OC(C)(C)O[C@@H]2C(=O)N1c1cc(C(F)(F)F)c2c(n1)CCC2O)c1cc(Cl)c(F)cc1F. The van der Waals surface area contributed by atoms with Crippen molar-refractivity contribution in [1.29, 1.82) is 0 Å². The molecule has 1 aromatic carbocycles. The van der Waals surface area contributed by atoms with Crippen LogP contribution in [-0.4, -0.2) is 52.9 Å². The van der Waals surface area contributed by atoms with E-state index < -0.39 is 94.4 Å². The molecule has 14 heteroatoms. The van der Waals surface area contributed by atoms with E-state index in [9.17, 15) is 36.6 Å². The fourth-order valence-electron chi connectivity index (χ4n) is 5.00. The molecule has 0 saturated carbocycles. The number of halogens is 6. The number of hydrogen-bond donors (Lipinski definition) is 1. The summed E-state index contributed by atoms with van der Waals surface area (Å²) in [5.41, 5.74) is -2.93. The molecule has 3 heterocycles. The number of benzene rings is 1. The zero-order valence-corrected chi connectivity index (χ0v) is 20.4. The van der Waals surface area contributed by atoms with Gasteiger partial charge in [0.1, 0.15) is 29.6 Å². The number of anilines is 2. The lowest BCUT2D eigenvalue weighted by atomic mass is 10.0. The molecule has 5 rings (SSSR count). The van der Waals surface area contributed by atoms with Gasteiger partial charge in [-0.15, -0.1) is 0 Å². The number of amides is 2. The third-order valence-electron chi connectivity index (χ3n) is 6.57. The summed E-state index contributed by atoms with van der Waals surface area (Å²) in [5.74, 6) is -7.47. The monoisotopic (exact) mass is 564 g/mol. The quantitative estimate of drug-likeness (QED) is 0.449. The Morgan fingerprint density at radius 2 is 1.97 bits per heavy atom. The standard InChI is InChI=1S/C24H21ClF5N3O5/c1-23(2)37-19-18(21(35)32(3)14-7-10(25)11(26)8-12(14)27)33(22(36)20(19)38-23)16-6-9(24(28,29)30)17-13(31-16)4-5-15(17)34/h6-8,15,18-20,34H,4-5H2,1-3H3/t15?,18-,19-,20-/m0/s1/i3D3. The Hall–Kier alpha value is -2.87. The van der Waals surface area contributed by atoms with Gasteiger partial charge in [0, 0.05) is 28.4 Å². The Bertz CT molecular complexity index is 1460. The van der Waals surface area contributed by atoms with E-state index in [-0.39, 0.29) is 29.5 Å². The minimum atomic E-state index is -5.00. The van der Waals surface area contributed by atoms with E-state index in [1.165, 1.54) is 13.8 Å². The maximum atomic E-state index is 14.9. The number of ether oxygens (including phenoxy) is 2. The van der Waals surface area contributed by atoms with Crippen LogP contribution in [0.4, 0.5) is 33.5 Å². The van der Waals surface area contributed by atoms with Gasteiger partial charge in [-0.3, -0.25) is 14.5 Å². The summed E-state index contributed by atoms with van der Waals surface area (Å²) in [6.45, 7) is -0.669. The molecule has 3 aliphatic rings. The van der Waals surface area contributed by atoms with Crippen LogP contribution in [0.2, 0.25) is 5.02 Å². The van der Waals surface area contributed by atoms with Crippen molar-refractivity contribution in [3.8, 4) is 0 Å². The molecule has 204 valence electrons. The third-order valence-corrected chi connectivity index (χ3v) is 6.86. The van der Waals surface area contributed by atoms with E-state index in [2.05, 4.69) is 4.98 Å². The van der Waals surface area contributed by atoms with Gasteiger partial charge in [0.15, 0.2) is 11.9 Å². The molecule has 2 fully saturated rings. The lowest BCUT2D eigenvalue weighted by molar-refractivity contribution is -0.161. The molecular weight excluding hydrogens is 541 g/mol. The molecule has 0 radical (unpaired) electrons. The first kappa shape index (κ1) is 23.1. The summed E-state index contributed by atoms with van der Waals surface area (Å²) >= 11 is 5.74. The average molecular weight is 565 g/mol. The Kier molecular flexibility index (Phi) is 5.36. The second-order valence-electron chi connectivity index (χ2n) is 9.51. The van der Waals surface area contributed by atoms with Crippen molar-refractivity contribution in [2.75, 3.05) is 16.8 Å². The first-order valence-electron chi connectivity index (χ1n) is 12.8. The Morgan fingerprint density at radius 1 is 1.26 bits per heavy atom. The van der Waals surface area contributed by atoms with Gasteiger partial charge in [-0.2, -0.15) is 13.2 Å². The predicted molar refractivity (Wildman–Crippen MR) is 122 cm³/mol. The summed E-state index contributed by atoms with van der Waals surface area (Å²) in [7, 11) is 0. The number of carbonyl (C=O) groups is 2. The van der Waals surface area contributed by atoms with Crippen molar-refractivity contribution < 1.29 is 50.2 Å². The van der Waals surface area contributed by atoms with E-state index in [1.54, 1.807) is 0 Å². The molecule has 1 aromatic heterocycles. The smallest absolute Gasteiger partial charge is 0.388 e. The number of carbonyl (C=O) groups excluding carboxylic acids is 2. The summed E-state index contributed by atoms with van der Waals surface area (Å²) in [6.07, 6.45) is -9.77. The zero-order valence-electron chi connectivity index (χ0n) is 22.6. The second kappa shape index (κ2) is 8.83. The highest BCUT2D eigenvalue weighted by molar-refractivity contribution is 6.31. The number of aromatic nitrogens is 1. The van der Waals surface area contributed by atoms with E-state index in [1.807, 2.05) is 0 Å². The van der Waals surface area contributed by atoms with E-state index in [0.29, 0.717) is 17.0 Å². The van der Waals surface area contributed by atoms with Crippen LogP contribution in [0.25, 0.3) is 0 Å². The average Bonchev–Trinajstić information content (AvgIpc) is 3.44. The summed E-state index contributed by atoms with van der Waals surface area (Å²) in [5, 5.41) is 9.44. The van der Waals surface area contributed by atoms with Crippen LogP contribution in [0.5, 0.6) is 0 Å². The zero-order chi connectivity index (χ0) is 30.4. The maximum absolute atomic E-state index is 14.9. The van der Waals surface area contributed by atoms with Crippen molar-refractivity contribution in [3.63, 3.8) is 0 Å². The van der Waals surface area contributed by atoms with Crippen molar-refractivity contribution >= 4 is 34.9 Å². The number of fused-ring (bicyclic) bond motifs is 2. The van der Waals surface area contributed by atoms with Crippen molar-refractivity contribution in [2.45, 2.75) is 63.0 Å². The van der Waals surface area contributed by atoms with Crippen LogP contribution in [0.3, 0.4) is 0 Å². The first-order chi connectivity index (χ1) is 18.8. The topological polar surface area (TPSA) is 92.2 Å². The maximum Gasteiger partial charge on any atom is 0.416 e. The van der Waals surface area contributed by atoms with Crippen LogP contribution in [0.15, 0.2) is 18.2 Å². The van der Waals surface area contributed by atoms with Gasteiger partial charge < -0.3 is 19.5 Å². The third kappa shape index (κ3) is 4.21. The number of rotatable bonds is 3. The molecule has 0 spiro atoms. The second-order valence-corrected chi connectivity index (χ2v) is 9.91. The Labute approximate surface area is 222 Å². The highest BCUT2D eigenvalue weighted by Crippen LogP contribution is 2.45. The summed E-state index contributed by atoms with van der Waals surface area (Å²) in [6, 6.07) is -0.740. The number of alkyl halides is 3. The van der Waals surface area contributed by atoms with Crippen LogP contribution >= 0.6 is 11.6 Å². The number of likely N-dealkylation sites (N-methyl/N-ethyl adjacent to an activating group) is 1. The lowest BCUT2D eigenvalue weighted by Crippen LogP contribution is -2.51. The molecule has 8 nitrogen and oxygen atoms in total. The fourth-order valence-corrected chi connectivity index (χ4v) is 5.16. The number of aryl methyl sites for hydroxylation is 1. The largest absolute Gasteiger partial charge is 0.416 e. The molecular formula is C24H21ClF5N3O5. The Morgan fingerprint density at radius 3 is 2.63 bits per heavy atom. The van der Waals surface area contributed by atoms with E-state index in [4.69, 9.17) is 25.2 Å². The lowest BCUT2D eigenvalue weighted by Gasteiger charge is -2.32. The van der Waals surface area contributed by atoms with Gasteiger partial charge in [0.2, 0.25) is 0 Å². The molecule has 2 aromatic rings. The molecule has 38 heavy (non-hydrogen) atoms. The number of aliphatic hydroxyl groups is 1. The number of hydrogen-bond acceptors (Lipinski definition) is 6. The van der Waals surface area contributed by atoms with E-state index >= 15 is 0 Å². The molecule has 0 bridgehead atoms. The van der Waals surface area contributed by atoms with Gasteiger partial charge >= 0.3 is 6.18 Å². The van der Waals surface area contributed by atoms with Crippen LogP contribution < -0.4 is 9.80 Å².